The molecule has 0 amide bonds. The molecule has 0 fully saturated rings. The molecule has 21 heavy (non-hydrogen) atoms. The molecule has 2 aliphatic rings. The number of benzene rings is 2. The molecule has 2 heteroatoms. The summed E-state index contributed by atoms with van der Waals surface area (Å²) < 4.78 is 5.63. The van der Waals surface area contributed by atoms with Crippen LogP contribution < -0.4 is 4.74 Å². The van der Waals surface area contributed by atoms with Crippen molar-refractivity contribution >= 4 is 5.78 Å². The van der Waals surface area contributed by atoms with E-state index in [1.165, 1.54) is 16.7 Å². The largest absolute Gasteiger partial charge is 0.496 e. The lowest BCUT2D eigenvalue weighted by atomic mass is 9.96. The fourth-order valence-electron chi connectivity index (χ4n) is 3.17. The molecule has 0 saturated carbocycles. The van der Waals surface area contributed by atoms with E-state index in [0.717, 1.165) is 42.6 Å². The first-order valence-corrected chi connectivity index (χ1v) is 7.46. The maximum Gasteiger partial charge on any atom is 0.160 e. The molecule has 2 nitrogen and oxygen atoms in total. The van der Waals surface area contributed by atoms with Crippen LogP contribution in [0.25, 0.3) is 0 Å². The van der Waals surface area contributed by atoms with E-state index < -0.39 is 0 Å². The third kappa shape index (κ3) is 2.71. The lowest BCUT2D eigenvalue weighted by Gasteiger charge is -2.13. The Bertz CT molecular complexity index is 686. The van der Waals surface area contributed by atoms with Gasteiger partial charge in [-0.15, -0.1) is 0 Å². The molecule has 0 N–H and O–H groups in total. The van der Waals surface area contributed by atoms with Gasteiger partial charge in [-0.25, -0.2) is 0 Å². The van der Waals surface area contributed by atoms with Gasteiger partial charge in [0.05, 0.1) is 7.11 Å². The van der Waals surface area contributed by atoms with Gasteiger partial charge < -0.3 is 4.74 Å². The summed E-state index contributed by atoms with van der Waals surface area (Å²) in [5, 5.41) is 0. The highest BCUT2D eigenvalue weighted by atomic mass is 16.5. The molecule has 108 valence electrons. The maximum absolute atomic E-state index is 11.9. The SMILES string of the molecule is COc1c2cccc1CCc1ccc(cc1C(C)=O)CC2. The first kappa shape index (κ1) is 13.9. The summed E-state index contributed by atoms with van der Waals surface area (Å²) in [6.07, 6.45) is 3.64. The first-order valence-electron chi connectivity index (χ1n) is 7.46. The van der Waals surface area contributed by atoms with Gasteiger partial charge >= 0.3 is 0 Å². The number of hydrogen-bond acceptors (Lipinski definition) is 2. The van der Waals surface area contributed by atoms with Crippen molar-refractivity contribution in [2.45, 2.75) is 32.6 Å². The Balaban J connectivity index is 2.08. The van der Waals surface area contributed by atoms with Crippen molar-refractivity contribution < 1.29 is 9.53 Å². The van der Waals surface area contributed by atoms with Gasteiger partial charge in [-0.1, -0.05) is 30.3 Å². The van der Waals surface area contributed by atoms with Crippen LogP contribution in [0.3, 0.4) is 0 Å². The highest BCUT2D eigenvalue weighted by Crippen LogP contribution is 2.28. The number of methoxy groups -OCH3 is 1. The van der Waals surface area contributed by atoms with E-state index in [-0.39, 0.29) is 5.78 Å². The second-order valence-electron chi connectivity index (χ2n) is 5.66. The summed E-state index contributed by atoms with van der Waals surface area (Å²) in [6.45, 7) is 1.66. The molecular weight excluding hydrogens is 260 g/mol. The number of hydrogen-bond donors (Lipinski definition) is 0. The van der Waals surface area contributed by atoms with Crippen LogP contribution in [0.5, 0.6) is 5.75 Å². The number of para-hydroxylation sites is 1. The van der Waals surface area contributed by atoms with Crippen LogP contribution in [-0.4, -0.2) is 12.9 Å². The number of aryl methyl sites for hydroxylation is 4. The zero-order valence-electron chi connectivity index (χ0n) is 12.6. The highest BCUT2D eigenvalue weighted by Gasteiger charge is 2.14. The molecule has 4 rings (SSSR count). The summed E-state index contributed by atoms with van der Waals surface area (Å²) in [5.41, 5.74) is 5.72. The predicted molar refractivity (Wildman–Crippen MR) is 84.3 cm³/mol. The molecule has 0 heterocycles. The van der Waals surface area contributed by atoms with Crippen molar-refractivity contribution in [1.29, 1.82) is 0 Å². The molecular formula is C19H20O2. The second-order valence-corrected chi connectivity index (χ2v) is 5.66. The number of ether oxygens (including phenoxy) is 1. The third-order valence-corrected chi connectivity index (χ3v) is 4.28. The molecule has 0 spiro atoms. The smallest absolute Gasteiger partial charge is 0.160 e. The lowest BCUT2D eigenvalue weighted by Crippen LogP contribution is -2.03. The summed E-state index contributed by atoms with van der Waals surface area (Å²) in [5.74, 6) is 1.18. The molecule has 0 aromatic heterocycles. The van der Waals surface area contributed by atoms with Crippen molar-refractivity contribution in [2.24, 2.45) is 0 Å². The number of carbonyl (C=O) groups is 1. The summed E-state index contributed by atoms with van der Waals surface area (Å²) in [4.78, 5) is 11.9. The molecule has 0 unspecified atom stereocenters. The molecule has 2 aliphatic carbocycles. The molecule has 0 aliphatic heterocycles. The third-order valence-electron chi connectivity index (χ3n) is 4.28. The summed E-state index contributed by atoms with van der Waals surface area (Å²) in [7, 11) is 1.74. The van der Waals surface area contributed by atoms with Crippen molar-refractivity contribution in [3.8, 4) is 5.75 Å². The fourth-order valence-corrected chi connectivity index (χ4v) is 3.17. The number of ketones is 1. The molecule has 0 radical (unpaired) electrons. The van der Waals surface area contributed by atoms with Gasteiger partial charge in [0.1, 0.15) is 5.75 Å². The quantitative estimate of drug-likeness (QED) is 0.782. The molecule has 0 atom stereocenters. The van der Waals surface area contributed by atoms with Gasteiger partial charge in [0.2, 0.25) is 0 Å². The molecule has 2 aromatic rings. The van der Waals surface area contributed by atoms with E-state index in [1.54, 1.807) is 14.0 Å². The monoisotopic (exact) mass is 280 g/mol. The van der Waals surface area contributed by atoms with Gasteiger partial charge in [0.25, 0.3) is 0 Å². The normalized spacial score (nSPS) is 13.6. The molecule has 0 saturated heterocycles. The van der Waals surface area contributed by atoms with Crippen LogP contribution in [0.2, 0.25) is 0 Å². The van der Waals surface area contributed by atoms with Crippen molar-refractivity contribution in [1.82, 2.24) is 0 Å². The van der Waals surface area contributed by atoms with E-state index in [4.69, 9.17) is 4.74 Å². The van der Waals surface area contributed by atoms with E-state index in [2.05, 4.69) is 36.4 Å². The molecule has 2 aromatic carbocycles. The lowest BCUT2D eigenvalue weighted by molar-refractivity contribution is 0.101. The van der Waals surface area contributed by atoms with Crippen LogP contribution in [-0.2, 0) is 25.7 Å². The van der Waals surface area contributed by atoms with E-state index >= 15 is 0 Å². The second kappa shape index (κ2) is 5.72. The number of rotatable bonds is 2. The van der Waals surface area contributed by atoms with E-state index in [0.29, 0.717) is 0 Å². The Labute approximate surface area is 125 Å². The van der Waals surface area contributed by atoms with Gasteiger partial charge in [-0.3, -0.25) is 4.79 Å². The van der Waals surface area contributed by atoms with Crippen molar-refractivity contribution in [3.63, 3.8) is 0 Å². The zero-order chi connectivity index (χ0) is 14.8. The Morgan fingerprint density at radius 1 is 0.952 bits per heavy atom. The Hall–Kier alpha value is -2.09. The van der Waals surface area contributed by atoms with E-state index in [1.807, 2.05) is 0 Å². The van der Waals surface area contributed by atoms with Gasteiger partial charge in [-0.2, -0.15) is 0 Å². The number of carbonyl (C=O) groups excluding carboxylic acids is 1. The van der Waals surface area contributed by atoms with Crippen LogP contribution in [0.1, 0.15) is 39.5 Å². The minimum absolute atomic E-state index is 0.157. The molecule has 4 bridgehead atoms. The minimum Gasteiger partial charge on any atom is -0.496 e. The Morgan fingerprint density at radius 3 is 2.29 bits per heavy atom. The average molecular weight is 280 g/mol. The zero-order valence-corrected chi connectivity index (χ0v) is 12.6. The topological polar surface area (TPSA) is 26.3 Å². The predicted octanol–water partition coefficient (Wildman–Crippen LogP) is 3.78. The van der Waals surface area contributed by atoms with Gasteiger partial charge in [0, 0.05) is 5.56 Å². The maximum atomic E-state index is 11.9. The first-order chi connectivity index (χ1) is 10.2. The van der Waals surface area contributed by atoms with Crippen molar-refractivity contribution in [3.05, 3.63) is 64.2 Å². The van der Waals surface area contributed by atoms with Crippen LogP contribution in [0, 0.1) is 0 Å². The highest BCUT2D eigenvalue weighted by molar-refractivity contribution is 5.95. The summed E-state index contributed by atoms with van der Waals surface area (Å²) >= 11 is 0. The fraction of sp³-hybridized carbons (Fsp3) is 0.316. The average Bonchev–Trinajstić information content (AvgIpc) is 2.52. The van der Waals surface area contributed by atoms with E-state index in [9.17, 15) is 4.79 Å². The van der Waals surface area contributed by atoms with Crippen molar-refractivity contribution in [2.75, 3.05) is 7.11 Å². The number of Topliss-reactive ketones (excluding diaryl/α,β-unsaturated/α-hetero) is 1. The Morgan fingerprint density at radius 2 is 1.62 bits per heavy atom. The van der Waals surface area contributed by atoms with Crippen LogP contribution in [0.15, 0.2) is 36.4 Å². The standard InChI is InChI=1S/C19H20O2/c1-13(20)18-12-14-6-8-15(18)10-11-17-5-3-4-16(9-7-14)19(17)21-2/h3-6,8,12H,7,9-11H2,1-2H3. The van der Waals surface area contributed by atoms with Gasteiger partial charge in [0.15, 0.2) is 5.78 Å². The number of fused-ring (bicyclic) bond motifs is 4. The minimum atomic E-state index is 0.157. The van der Waals surface area contributed by atoms with Crippen LogP contribution >= 0.6 is 0 Å². The van der Waals surface area contributed by atoms with Gasteiger partial charge in [-0.05, 0) is 60.9 Å². The Kier molecular flexibility index (Phi) is 3.78. The van der Waals surface area contributed by atoms with Crippen LogP contribution in [0.4, 0.5) is 0 Å². The summed E-state index contributed by atoms with van der Waals surface area (Å²) in [6, 6.07) is 12.7.